The standard InChI is InChI=1S/C13H16O2S/c1-16-9-12(14)4-2-10-3-5-13-11(8-10)6-7-15-13/h3,5,8H,2,4,6-7,9H2,1H3. The van der Waals surface area contributed by atoms with Crippen molar-refractivity contribution in [2.24, 2.45) is 0 Å². The Kier molecular flexibility index (Phi) is 3.88. The Morgan fingerprint density at radius 2 is 2.38 bits per heavy atom. The summed E-state index contributed by atoms with van der Waals surface area (Å²) in [4.78, 5) is 11.4. The molecule has 0 saturated carbocycles. The number of ketones is 1. The molecule has 0 N–H and O–H groups in total. The van der Waals surface area contributed by atoms with Crippen LogP contribution in [0.25, 0.3) is 0 Å². The molecule has 0 aromatic heterocycles. The van der Waals surface area contributed by atoms with E-state index in [1.807, 2.05) is 12.3 Å². The van der Waals surface area contributed by atoms with Crippen LogP contribution in [0.3, 0.4) is 0 Å². The van der Waals surface area contributed by atoms with E-state index in [-0.39, 0.29) is 0 Å². The maximum Gasteiger partial charge on any atom is 0.143 e. The molecule has 86 valence electrons. The van der Waals surface area contributed by atoms with Crippen molar-refractivity contribution in [2.45, 2.75) is 19.3 Å². The summed E-state index contributed by atoms with van der Waals surface area (Å²) in [7, 11) is 0. The van der Waals surface area contributed by atoms with Crippen LogP contribution in [-0.2, 0) is 17.6 Å². The number of carbonyl (C=O) groups is 1. The van der Waals surface area contributed by atoms with Crippen LogP contribution in [0.15, 0.2) is 18.2 Å². The lowest BCUT2D eigenvalue weighted by Crippen LogP contribution is -2.02. The van der Waals surface area contributed by atoms with Crippen LogP contribution in [0.1, 0.15) is 17.5 Å². The lowest BCUT2D eigenvalue weighted by molar-refractivity contribution is -0.116. The number of carbonyl (C=O) groups excluding carboxylic acids is 1. The predicted molar refractivity (Wildman–Crippen MR) is 67.4 cm³/mol. The maximum atomic E-state index is 11.4. The Balaban J connectivity index is 1.93. The molecule has 1 aromatic carbocycles. The summed E-state index contributed by atoms with van der Waals surface area (Å²) in [6, 6.07) is 6.27. The minimum absolute atomic E-state index is 0.337. The van der Waals surface area contributed by atoms with E-state index in [0.717, 1.165) is 25.2 Å². The van der Waals surface area contributed by atoms with Gasteiger partial charge in [0.1, 0.15) is 11.5 Å². The predicted octanol–water partition coefficient (Wildman–Crippen LogP) is 2.49. The summed E-state index contributed by atoms with van der Waals surface area (Å²) in [5.41, 5.74) is 2.54. The molecule has 0 unspecified atom stereocenters. The molecule has 1 aromatic rings. The van der Waals surface area contributed by atoms with Crippen LogP contribution < -0.4 is 4.74 Å². The molecular weight excluding hydrogens is 220 g/mol. The molecule has 1 heterocycles. The first-order valence-corrected chi connectivity index (χ1v) is 6.94. The van der Waals surface area contributed by atoms with E-state index in [0.29, 0.717) is 18.0 Å². The van der Waals surface area contributed by atoms with Gasteiger partial charge in [-0.3, -0.25) is 4.79 Å². The molecule has 0 radical (unpaired) electrons. The summed E-state index contributed by atoms with van der Waals surface area (Å²) in [5.74, 6) is 1.98. The van der Waals surface area contributed by atoms with Crippen molar-refractivity contribution in [3.05, 3.63) is 29.3 Å². The molecule has 0 saturated heterocycles. The summed E-state index contributed by atoms with van der Waals surface area (Å²) >= 11 is 1.60. The van der Waals surface area contributed by atoms with Crippen molar-refractivity contribution in [1.82, 2.24) is 0 Å². The van der Waals surface area contributed by atoms with Gasteiger partial charge in [-0.05, 0) is 29.9 Å². The fraction of sp³-hybridized carbons (Fsp3) is 0.462. The van der Waals surface area contributed by atoms with Crippen molar-refractivity contribution >= 4 is 17.5 Å². The summed E-state index contributed by atoms with van der Waals surface area (Å²) < 4.78 is 5.45. The van der Waals surface area contributed by atoms with Gasteiger partial charge in [0.25, 0.3) is 0 Å². The minimum Gasteiger partial charge on any atom is -0.493 e. The SMILES string of the molecule is CSCC(=O)CCc1ccc2c(c1)CCO2. The molecule has 2 nitrogen and oxygen atoms in total. The fourth-order valence-electron chi connectivity index (χ4n) is 1.91. The van der Waals surface area contributed by atoms with Crippen molar-refractivity contribution in [3.63, 3.8) is 0 Å². The number of rotatable bonds is 5. The highest BCUT2D eigenvalue weighted by molar-refractivity contribution is 7.99. The maximum absolute atomic E-state index is 11.4. The van der Waals surface area contributed by atoms with Gasteiger partial charge in [-0.15, -0.1) is 0 Å². The van der Waals surface area contributed by atoms with E-state index >= 15 is 0 Å². The first-order chi connectivity index (χ1) is 7.79. The fourth-order valence-corrected chi connectivity index (χ4v) is 2.38. The Hall–Kier alpha value is -0.960. The van der Waals surface area contributed by atoms with Gasteiger partial charge in [0.2, 0.25) is 0 Å². The van der Waals surface area contributed by atoms with Gasteiger partial charge in [0.05, 0.1) is 12.4 Å². The quantitative estimate of drug-likeness (QED) is 0.785. The summed E-state index contributed by atoms with van der Waals surface area (Å²) in [5, 5.41) is 0. The number of Topliss-reactive ketones (excluding diaryl/α,β-unsaturated/α-hetero) is 1. The number of aryl methyl sites for hydroxylation is 1. The van der Waals surface area contributed by atoms with E-state index in [2.05, 4.69) is 12.1 Å². The molecule has 2 rings (SSSR count). The van der Waals surface area contributed by atoms with Gasteiger partial charge in [0.15, 0.2) is 0 Å². The minimum atomic E-state index is 0.337. The molecule has 0 atom stereocenters. The largest absolute Gasteiger partial charge is 0.493 e. The van der Waals surface area contributed by atoms with E-state index < -0.39 is 0 Å². The van der Waals surface area contributed by atoms with Gasteiger partial charge in [-0.1, -0.05) is 12.1 Å². The van der Waals surface area contributed by atoms with Crippen molar-refractivity contribution in [2.75, 3.05) is 18.6 Å². The van der Waals surface area contributed by atoms with Crippen molar-refractivity contribution < 1.29 is 9.53 Å². The second-order valence-corrected chi connectivity index (χ2v) is 4.88. The Bertz CT molecular complexity index is 388. The third kappa shape index (κ3) is 2.79. The summed E-state index contributed by atoms with van der Waals surface area (Å²) in [6.07, 6.45) is 4.47. The van der Waals surface area contributed by atoms with Crippen LogP contribution >= 0.6 is 11.8 Å². The molecule has 16 heavy (non-hydrogen) atoms. The number of thioether (sulfide) groups is 1. The third-order valence-electron chi connectivity index (χ3n) is 2.75. The number of hydrogen-bond donors (Lipinski definition) is 0. The van der Waals surface area contributed by atoms with E-state index in [1.165, 1.54) is 11.1 Å². The molecule has 3 heteroatoms. The monoisotopic (exact) mass is 236 g/mol. The zero-order valence-electron chi connectivity index (χ0n) is 9.49. The second kappa shape index (κ2) is 5.39. The number of fused-ring (bicyclic) bond motifs is 1. The lowest BCUT2D eigenvalue weighted by Gasteiger charge is -2.03. The van der Waals surface area contributed by atoms with Crippen molar-refractivity contribution in [1.29, 1.82) is 0 Å². The van der Waals surface area contributed by atoms with Gasteiger partial charge in [-0.2, -0.15) is 11.8 Å². The molecule has 0 aliphatic carbocycles. The van der Waals surface area contributed by atoms with Gasteiger partial charge < -0.3 is 4.74 Å². The highest BCUT2D eigenvalue weighted by atomic mass is 32.2. The average molecular weight is 236 g/mol. The normalized spacial score (nSPS) is 13.3. The second-order valence-electron chi connectivity index (χ2n) is 4.01. The third-order valence-corrected chi connectivity index (χ3v) is 3.36. The zero-order chi connectivity index (χ0) is 11.4. The van der Waals surface area contributed by atoms with Gasteiger partial charge in [-0.25, -0.2) is 0 Å². The molecular formula is C13H16O2S. The molecule has 0 bridgehead atoms. The first-order valence-electron chi connectivity index (χ1n) is 5.55. The van der Waals surface area contributed by atoms with Crippen molar-refractivity contribution in [3.8, 4) is 5.75 Å². The summed E-state index contributed by atoms with van der Waals surface area (Å²) in [6.45, 7) is 0.796. The van der Waals surface area contributed by atoms with E-state index in [4.69, 9.17) is 4.74 Å². The van der Waals surface area contributed by atoms with Crippen LogP contribution in [0.2, 0.25) is 0 Å². The van der Waals surface area contributed by atoms with Crippen LogP contribution in [0.5, 0.6) is 5.75 Å². The van der Waals surface area contributed by atoms with E-state index in [1.54, 1.807) is 11.8 Å². The van der Waals surface area contributed by atoms with Crippen LogP contribution in [0.4, 0.5) is 0 Å². The highest BCUT2D eigenvalue weighted by Crippen LogP contribution is 2.26. The smallest absolute Gasteiger partial charge is 0.143 e. The lowest BCUT2D eigenvalue weighted by atomic mass is 10.0. The number of benzene rings is 1. The van der Waals surface area contributed by atoms with Gasteiger partial charge >= 0.3 is 0 Å². The Morgan fingerprint density at radius 1 is 1.50 bits per heavy atom. The Morgan fingerprint density at radius 3 is 3.19 bits per heavy atom. The topological polar surface area (TPSA) is 26.3 Å². The number of hydrogen-bond acceptors (Lipinski definition) is 3. The molecule has 1 aliphatic heterocycles. The molecule has 1 aliphatic rings. The van der Waals surface area contributed by atoms with Gasteiger partial charge in [0, 0.05) is 12.8 Å². The average Bonchev–Trinajstić information content (AvgIpc) is 2.74. The zero-order valence-corrected chi connectivity index (χ0v) is 10.3. The molecule has 0 fully saturated rings. The van der Waals surface area contributed by atoms with Crippen LogP contribution in [0, 0.1) is 0 Å². The highest BCUT2D eigenvalue weighted by Gasteiger charge is 2.12. The molecule has 0 spiro atoms. The Labute approximate surface area is 100 Å². The van der Waals surface area contributed by atoms with Crippen LogP contribution in [-0.4, -0.2) is 24.4 Å². The number of ether oxygens (including phenoxy) is 1. The van der Waals surface area contributed by atoms with E-state index in [9.17, 15) is 4.79 Å². The first kappa shape index (κ1) is 11.5. The molecule has 0 amide bonds.